The van der Waals surface area contributed by atoms with Gasteiger partial charge in [0.05, 0.1) is 6.61 Å². The number of ether oxygens (including phenoxy) is 1. The van der Waals surface area contributed by atoms with Gasteiger partial charge in [-0.1, -0.05) is 60.7 Å². The van der Waals surface area contributed by atoms with Crippen molar-refractivity contribution < 1.29 is 4.74 Å². The van der Waals surface area contributed by atoms with Crippen LogP contribution in [-0.2, 0) is 0 Å². The molecule has 0 saturated heterocycles. The van der Waals surface area contributed by atoms with E-state index in [0.717, 1.165) is 16.7 Å². The zero-order chi connectivity index (χ0) is 17.9. The van der Waals surface area contributed by atoms with Gasteiger partial charge in [0.15, 0.2) is 5.65 Å². The molecule has 0 unspecified atom stereocenters. The first-order valence-electron chi connectivity index (χ1n) is 8.43. The van der Waals surface area contributed by atoms with E-state index in [2.05, 4.69) is 9.97 Å². The highest BCUT2D eigenvalue weighted by Crippen LogP contribution is 2.28. The Hall–Kier alpha value is -3.47. The summed E-state index contributed by atoms with van der Waals surface area (Å²) in [6.45, 7) is 2.30. The highest BCUT2D eigenvalue weighted by Gasteiger charge is 2.18. The average molecular weight is 343 g/mol. The van der Waals surface area contributed by atoms with E-state index in [1.165, 1.54) is 10.7 Å². The molecule has 0 spiro atoms. The lowest BCUT2D eigenvalue weighted by molar-refractivity contribution is 0.328. The van der Waals surface area contributed by atoms with Crippen molar-refractivity contribution >= 4 is 5.65 Å². The summed E-state index contributed by atoms with van der Waals surface area (Å²) in [6, 6.07) is 19.2. The van der Waals surface area contributed by atoms with Crippen LogP contribution in [0, 0.1) is 0 Å². The topological polar surface area (TPSA) is 56.5 Å². The van der Waals surface area contributed by atoms with Crippen LogP contribution >= 0.6 is 0 Å². The SMILES string of the molecule is CCOc1nc2c(-c3ccccc3)cncn2c(=O)c1-c1ccccc1. The molecule has 0 N–H and O–H groups in total. The summed E-state index contributed by atoms with van der Waals surface area (Å²) in [6.07, 6.45) is 3.22. The molecule has 26 heavy (non-hydrogen) atoms. The van der Waals surface area contributed by atoms with Crippen molar-refractivity contribution in [2.24, 2.45) is 0 Å². The van der Waals surface area contributed by atoms with E-state index in [1.807, 2.05) is 67.6 Å². The van der Waals surface area contributed by atoms with E-state index in [1.54, 1.807) is 6.20 Å². The molecule has 0 amide bonds. The molecule has 4 aromatic rings. The predicted octanol–water partition coefficient (Wildman–Crippen LogP) is 3.82. The summed E-state index contributed by atoms with van der Waals surface area (Å²) in [5, 5.41) is 0. The van der Waals surface area contributed by atoms with Gasteiger partial charge in [0.1, 0.15) is 11.9 Å². The highest BCUT2D eigenvalue weighted by atomic mass is 16.5. The number of hydrogen-bond acceptors (Lipinski definition) is 4. The molecular formula is C21H17N3O2. The van der Waals surface area contributed by atoms with Crippen LogP contribution in [0.5, 0.6) is 5.88 Å². The van der Waals surface area contributed by atoms with E-state index >= 15 is 0 Å². The first kappa shape index (κ1) is 16.0. The van der Waals surface area contributed by atoms with Crippen molar-refractivity contribution in [1.29, 1.82) is 0 Å². The number of fused-ring (bicyclic) bond motifs is 1. The Morgan fingerprint density at radius 2 is 1.62 bits per heavy atom. The summed E-state index contributed by atoms with van der Waals surface area (Å²) in [5.74, 6) is 0.340. The van der Waals surface area contributed by atoms with Crippen molar-refractivity contribution in [2.75, 3.05) is 6.61 Å². The van der Waals surface area contributed by atoms with E-state index < -0.39 is 0 Å². The van der Waals surface area contributed by atoms with Gasteiger partial charge in [-0.2, -0.15) is 4.98 Å². The maximum absolute atomic E-state index is 13.2. The van der Waals surface area contributed by atoms with Crippen molar-refractivity contribution in [2.45, 2.75) is 6.92 Å². The van der Waals surface area contributed by atoms with Crippen LogP contribution < -0.4 is 10.3 Å². The maximum atomic E-state index is 13.2. The molecule has 5 nitrogen and oxygen atoms in total. The van der Waals surface area contributed by atoms with Crippen LogP contribution in [0.15, 0.2) is 78.0 Å². The van der Waals surface area contributed by atoms with Crippen molar-refractivity contribution in [3.8, 4) is 28.1 Å². The quantitative estimate of drug-likeness (QED) is 0.565. The van der Waals surface area contributed by atoms with Gasteiger partial charge in [0, 0.05) is 11.8 Å². The van der Waals surface area contributed by atoms with Crippen LogP contribution in [0.2, 0.25) is 0 Å². The summed E-state index contributed by atoms with van der Waals surface area (Å²) in [4.78, 5) is 22.1. The molecule has 2 heterocycles. The zero-order valence-corrected chi connectivity index (χ0v) is 14.3. The number of hydrogen-bond donors (Lipinski definition) is 0. The van der Waals surface area contributed by atoms with Gasteiger partial charge in [-0.15, -0.1) is 0 Å². The molecule has 0 radical (unpaired) electrons. The number of benzene rings is 2. The third kappa shape index (κ3) is 2.73. The van der Waals surface area contributed by atoms with Crippen LogP contribution in [0.3, 0.4) is 0 Å². The number of aromatic nitrogens is 3. The lowest BCUT2D eigenvalue weighted by atomic mass is 10.1. The summed E-state index contributed by atoms with van der Waals surface area (Å²) in [5.41, 5.74) is 3.27. The fraction of sp³-hybridized carbons (Fsp3) is 0.0952. The number of nitrogens with zero attached hydrogens (tertiary/aromatic N) is 3. The molecule has 0 atom stereocenters. The van der Waals surface area contributed by atoms with E-state index in [4.69, 9.17) is 4.74 Å². The minimum absolute atomic E-state index is 0.199. The van der Waals surface area contributed by atoms with Gasteiger partial charge in [0.25, 0.3) is 5.56 Å². The average Bonchev–Trinajstić information content (AvgIpc) is 2.69. The molecule has 4 rings (SSSR count). The molecule has 0 saturated carbocycles. The minimum Gasteiger partial charge on any atom is -0.477 e. The Kier molecular flexibility index (Phi) is 4.19. The fourth-order valence-electron chi connectivity index (χ4n) is 2.96. The molecule has 0 aliphatic rings. The second-order valence-electron chi connectivity index (χ2n) is 5.76. The van der Waals surface area contributed by atoms with Crippen molar-refractivity contribution in [1.82, 2.24) is 14.4 Å². The summed E-state index contributed by atoms with van der Waals surface area (Å²) in [7, 11) is 0. The Morgan fingerprint density at radius 1 is 0.962 bits per heavy atom. The Morgan fingerprint density at radius 3 is 2.27 bits per heavy atom. The summed E-state index contributed by atoms with van der Waals surface area (Å²) < 4.78 is 7.21. The molecule has 2 aromatic carbocycles. The molecular weight excluding hydrogens is 326 g/mol. The lowest BCUT2D eigenvalue weighted by Gasteiger charge is -2.13. The Balaban J connectivity index is 2.06. The standard InChI is InChI=1S/C21H17N3O2/c1-2-26-20-18(16-11-7-4-8-12-16)21(25)24-14-22-13-17(19(24)23-20)15-9-5-3-6-10-15/h3-14H,2H2,1H3. The molecule has 128 valence electrons. The largest absolute Gasteiger partial charge is 0.477 e. The van der Waals surface area contributed by atoms with Gasteiger partial charge in [-0.25, -0.2) is 9.38 Å². The first-order chi connectivity index (χ1) is 12.8. The molecule has 5 heteroatoms. The number of rotatable bonds is 4. The zero-order valence-electron chi connectivity index (χ0n) is 14.3. The summed E-state index contributed by atoms with van der Waals surface area (Å²) >= 11 is 0. The van der Waals surface area contributed by atoms with Crippen LogP contribution in [0.25, 0.3) is 27.9 Å². The van der Waals surface area contributed by atoms with E-state index in [9.17, 15) is 4.79 Å². The smallest absolute Gasteiger partial charge is 0.270 e. The van der Waals surface area contributed by atoms with Gasteiger partial charge >= 0.3 is 0 Å². The maximum Gasteiger partial charge on any atom is 0.270 e. The van der Waals surface area contributed by atoms with Gasteiger partial charge in [0.2, 0.25) is 5.88 Å². The van der Waals surface area contributed by atoms with Crippen LogP contribution in [0.4, 0.5) is 0 Å². The minimum atomic E-state index is -0.199. The van der Waals surface area contributed by atoms with Crippen molar-refractivity contribution in [3.05, 3.63) is 83.5 Å². The van der Waals surface area contributed by atoms with Gasteiger partial charge in [-0.3, -0.25) is 4.79 Å². The molecule has 0 aliphatic carbocycles. The Bertz CT molecular complexity index is 1110. The monoisotopic (exact) mass is 343 g/mol. The molecule has 0 aliphatic heterocycles. The lowest BCUT2D eigenvalue weighted by Crippen LogP contribution is -2.20. The molecule has 0 bridgehead atoms. The first-order valence-corrected chi connectivity index (χ1v) is 8.43. The van der Waals surface area contributed by atoms with Crippen LogP contribution in [0.1, 0.15) is 6.92 Å². The second kappa shape index (κ2) is 6.80. The van der Waals surface area contributed by atoms with Gasteiger partial charge in [-0.05, 0) is 18.1 Å². The highest BCUT2D eigenvalue weighted by molar-refractivity contribution is 5.79. The Labute approximate surface area is 150 Å². The molecule has 0 fully saturated rings. The normalized spacial score (nSPS) is 10.8. The van der Waals surface area contributed by atoms with E-state index in [0.29, 0.717) is 23.7 Å². The van der Waals surface area contributed by atoms with Crippen molar-refractivity contribution in [3.63, 3.8) is 0 Å². The van der Waals surface area contributed by atoms with E-state index in [-0.39, 0.29) is 5.56 Å². The second-order valence-corrected chi connectivity index (χ2v) is 5.76. The molecule has 2 aromatic heterocycles. The fourth-order valence-corrected chi connectivity index (χ4v) is 2.96. The third-order valence-corrected chi connectivity index (χ3v) is 4.14. The van der Waals surface area contributed by atoms with Crippen LogP contribution in [-0.4, -0.2) is 21.0 Å². The predicted molar refractivity (Wildman–Crippen MR) is 101 cm³/mol. The third-order valence-electron chi connectivity index (χ3n) is 4.14. The van der Waals surface area contributed by atoms with Gasteiger partial charge < -0.3 is 4.74 Å².